The lowest BCUT2D eigenvalue weighted by molar-refractivity contribution is 0.448. The molecule has 18 heavy (non-hydrogen) atoms. The number of halogens is 2. The van der Waals surface area contributed by atoms with Gasteiger partial charge in [-0.05, 0) is 58.7 Å². The zero-order valence-corrected chi connectivity index (χ0v) is 11.9. The summed E-state index contributed by atoms with van der Waals surface area (Å²) in [6, 6.07) is 6.71. The number of rotatable bonds is 4. The van der Waals surface area contributed by atoms with E-state index in [-0.39, 0.29) is 11.9 Å². The average molecular weight is 312 g/mol. The zero-order chi connectivity index (χ0) is 13.1. The van der Waals surface area contributed by atoms with Crippen LogP contribution in [0.2, 0.25) is 0 Å². The lowest BCUT2D eigenvalue weighted by Crippen LogP contribution is -2.22. The molecule has 1 heterocycles. The maximum atomic E-state index is 13.5. The van der Waals surface area contributed by atoms with Crippen molar-refractivity contribution in [3.8, 4) is 0 Å². The Morgan fingerprint density at radius 3 is 2.72 bits per heavy atom. The number of benzene rings is 1. The van der Waals surface area contributed by atoms with Crippen LogP contribution in [0.25, 0.3) is 0 Å². The summed E-state index contributed by atoms with van der Waals surface area (Å²) in [5, 5.41) is 3.31. The second-order valence-corrected chi connectivity index (χ2v) is 5.04. The van der Waals surface area contributed by atoms with Crippen LogP contribution >= 0.6 is 15.9 Å². The van der Waals surface area contributed by atoms with E-state index in [0.717, 1.165) is 27.9 Å². The molecular formula is C14H15BrFNO. The predicted octanol–water partition coefficient (Wildman–Crippen LogP) is 4.19. The number of furan rings is 1. The molecule has 0 aliphatic rings. The van der Waals surface area contributed by atoms with Gasteiger partial charge < -0.3 is 9.73 Å². The van der Waals surface area contributed by atoms with Gasteiger partial charge in [0.2, 0.25) is 0 Å². The van der Waals surface area contributed by atoms with Crippen LogP contribution in [0.4, 0.5) is 4.39 Å². The minimum Gasteiger partial charge on any atom is -0.466 e. The lowest BCUT2D eigenvalue weighted by atomic mass is 10.0. The molecule has 2 rings (SSSR count). The molecule has 0 amide bonds. The van der Waals surface area contributed by atoms with E-state index in [9.17, 15) is 4.39 Å². The normalized spacial score (nSPS) is 12.7. The van der Waals surface area contributed by atoms with Gasteiger partial charge in [0.05, 0.1) is 16.8 Å². The van der Waals surface area contributed by atoms with Crippen molar-refractivity contribution in [3.05, 3.63) is 57.7 Å². The molecule has 2 nitrogen and oxygen atoms in total. The van der Waals surface area contributed by atoms with Gasteiger partial charge >= 0.3 is 0 Å². The van der Waals surface area contributed by atoms with Gasteiger partial charge in [-0.3, -0.25) is 0 Å². The highest BCUT2D eigenvalue weighted by Gasteiger charge is 2.19. The molecule has 0 saturated carbocycles. The third-order valence-electron chi connectivity index (χ3n) is 2.71. The average Bonchev–Trinajstić information content (AvgIpc) is 2.71. The molecule has 1 aromatic heterocycles. The Kier molecular flexibility index (Phi) is 4.19. The number of aryl methyl sites for hydroxylation is 1. The van der Waals surface area contributed by atoms with Gasteiger partial charge in [-0.15, -0.1) is 0 Å². The Balaban J connectivity index is 2.44. The summed E-state index contributed by atoms with van der Waals surface area (Å²) in [5.41, 5.74) is 1.76. The standard InChI is InChI=1S/C14H15BrFNO/c1-3-17-13(14-12(15)4-5-18-14)10-6-9(2)7-11(16)8-10/h4-8,13,17H,3H2,1-2H3. The molecule has 0 fully saturated rings. The predicted molar refractivity (Wildman–Crippen MR) is 73.1 cm³/mol. The van der Waals surface area contributed by atoms with Crippen LogP contribution in [-0.2, 0) is 0 Å². The molecule has 1 N–H and O–H groups in total. The Hall–Kier alpha value is -1.13. The number of hydrogen-bond acceptors (Lipinski definition) is 2. The Bertz CT molecular complexity index is 518. The molecule has 0 saturated heterocycles. The van der Waals surface area contributed by atoms with E-state index >= 15 is 0 Å². The smallest absolute Gasteiger partial charge is 0.139 e. The fourth-order valence-corrected chi connectivity index (χ4v) is 2.44. The van der Waals surface area contributed by atoms with Crippen LogP contribution < -0.4 is 5.32 Å². The molecule has 1 unspecified atom stereocenters. The van der Waals surface area contributed by atoms with Crippen LogP contribution in [0.1, 0.15) is 29.9 Å². The van der Waals surface area contributed by atoms with Crippen molar-refractivity contribution >= 4 is 15.9 Å². The minimum atomic E-state index is -0.226. The molecule has 0 aliphatic heterocycles. The number of nitrogens with one attached hydrogen (secondary N) is 1. The fraction of sp³-hybridized carbons (Fsp3) is 0.286. The minimum absolute atomic E-state index is 0.145. The van der Waals surface area contributed by atoms with Crippen LogP contribution in [0.3, 0.4) is 0 Å². The van der Waals surface area contributed by atoms with E-state index in [1.807, 2.05) is 26.0 Å². The van der Waals surface area contributed by atoms with Crippen molar-refractivity contribution in [2.75, 3.05) is 6.54 Å². The summed E-state index contributed by atoms with van der Waals surface area (Å²) in [7, 11) is 0. The second kappa shape index (κ2) is 5.67. The van der Waals surface area contributed by atoms with Gasteiger partial charge in [0.1, 0.15) is 11.6 Å². The summed E-state index contributed by atoms with van der Waals surface area (Å²) in [6.07, 6.45) is 1.62. The highest BCUT2D eigenvalue weighted by atomic mass is 79.9. The maximum absolute atomic E-state index is 13.5. The molecule has 2 aromatic rings. The lowest BCUT2D eigenvalue weighted by Gasteiger charge is -2.17. The Labute approximate surface area is 114 Å². The van der Waals surface area contributed by atoms with Crippen molar-refractivity contribution in [1.82, 2.24) is 5.32 Å². The van der Waals surface area contributed by atoms with E-state index in [0.29, 0.717) is 0 Å². The third kappa shape index (κ3) is 2.82. The maximum Gasteiger partial charge on any atom is 0.139 e. The molecule has 1 atom stereocenters. The summed E-state index contributed by atoms with van der Waals surface area (Å²) >= 11 is 3.44. The van der Waals surface area contributed by atoms with E-state index < -0.39 is 0 Å². The molecular weight excluding hydrogens is 297 g/mol. The van der Waals surface area contributed by atoms with Crippen molar-refractivity contribution in [1.29, 1.82) is 0 Å². The van der Waals surface area contributed by atoms with Crippen molar-refractivity contribution < 1.29 is 8.81 Å². The quantitative estimate of drug-likeness (QED) is 0.916. The van der Waals surface area contributed by atoms with E-state index in [1.165, 1.54) is 12.1 Å². The zero-order valence-electron chi connectivity index (χ0n) is 10.3. The first-order valence-electron chi connectivity index (χ1n) is 5.85. The van der Waals surface area contributed by atoms with Gasteiger partial charge in [-0.1, -0.05) is 13.0 Å². The first-order chi connectivity index (χ1) is 8.61. The van der Waals surface area contributed by atoms with E-state index in [4.69, 9.17) is 4.42 Å². The Morgan fingerprint density at radius 1 is 1.39 bits per heavy atom. The largest absolute Gasteiger partial charge is 0.466 e. The molecule has 96 valence electrons. The Morgan fingerprint density at radius 2 is 2.17 bits per heavy atom. The summed E-state index contributed by atoms with van der Waals surface area (Å²) < 4.78 is 19.9. The summed E-state index contributed by atoms with van der Waals surface area (Å²) in [6.45, 7) is 4.66. The molecule has 1 aromatic carbocycles. The van der Waals surface area contributed by atoms with E-state index in [2.05, 4.69) is 21.2 Å². The molecule has 0 radical (unpaired) electrons. The van der Waals surface area contributed by atoms with E-state index in [1.54, 1.807) is 6.26 Å². The highest BCUT2D eigenvalue weighted by molar-refractivity contribution is 9.10. The third-order valence-corrected chi connectivity index (χ3v) is 3.37. The summed E-state index contributed by atoms with van der Waals surface area (Å²) in [5.74, 6) is 0.539. The van der Waals surface area contributed by atoms with Gasteiger partial charge in [-0.25, -0.2) is 4.39 Å². The van der Waals surface area contributed by atoms with Crippen LogP contribution in [0, 0.1) is 12.7 Å². The molecule has 0 spiro atoms. The molecule has 0 bridgehead atoms. The van der Waals surface area contributed by atoms with Crippen LogP contribution in [0.15, 0.2) is 39.4 Å². The van der Waals surface area contributed by atoms with Gasteiger partial charge in [0, 0.05) is 0 Å². The summed E-state index contributed by atoms with van der Waals surface area (Å²) in [4.78, 5) is 0. The van der Waals surface area contributed by atoms with Gasteiger partial charge in [-0.2, -0.15) is 0 Å². The first-order valence-corrected chi connectivity index (χ1v) is 6.64. The topological polar surface area (TPSA) is 25.2 Å². The second-order valence-electron chi connectivity index (χ2n) is 4.19. The SMILES string of the molecule is CCNC(c1cc(C)cc(F)c1)c1occc1Br. The fourth-order valence-electron chi connectivity index (χ4n) is 2.01. The molecule has 4 heteroatoms. The van der Waals surface area contributed by atoms with Crippen LogP contribution in [-0.4, -0.2) is 6.54 Å². The molecule has 0 aliphatic carbocycles. The van der Waals surface area contributed by atoms with Crippen molar-refractivity contribution in [2.24, 2.45) is 0 Å². The van der Waals surface area contributed by atoms with Gasteiger partial charge in [0.15, 0.2) is 0 Å². The first kappa shape index (κ1) is 13.3. The highest BCUT2D eigenvalue weighted by Crippen LogP contribution is 2.30. The van der Waals surface area contributed by atoms with Crippen molar-refractivity contribution in [2.45, 2.75) is 19.9 Å². The van der Waals surface area contributed by atoms with Crippen LogP contribution in [0.5, 0.6) is 0 Å². The monoisotopic (exact) mass is 311 g/mol. The van der Waals surface area contributed by atoms with Gasteiger partial charge in [0.25, 0.3) is 0 Å². The van der Waals surface area contributed by atoms with Crippen molar-refractivity contribution in [3.63, 3.8) is 0 Å². The number of hydrogen-bond donors (Lipinski definition) is 1.